The van der Waals surface area contributed by atoms with Crippen molar-refractivity contribution in [1.82, 2.24) is 5.32 Å². The van der Waals surface area contributed by atoms with Crippen LogP contribution in [0.3, 0.4) is 0 Å². The molecule has 0 saturated carbocycles. The van der Waals surface area contributed by atoms with Crippen molar-refractivity contribution in [3.8, 4) is 0 Å². The summed E-state index contributed by atoms with van der Waals surface area (Å²) in [4.78, 5) is 2.40. The van der Waals surface area contributed by atoms with Crippen LogP contribution in [0.15, 0.2) is 36.4 Å². The molecule has 0 radical (unpaired) electrons. The van der Waals surface area contributed by atoms with Crippen LogP contribution in [0.4, 0.5) is 5.69 Å². The monoisotopic (exact) mass is 274 g/mol. The topological polar surface area (TPSA) is 15.3 Å². The maximum Gasteiger partial charge on any atom is 0.0396 e. The van der Waals surface area contributed by atoms with Gasteiger partial charge in [0.1, 0.15) is 0 Å². The van der Waals surface area contributed by atoms with Crippen LogP contribution in [0.25, 0.3) is 0 Å². The molecule has 1 aromatic carbocycles. The number of para-hydroxylation sites is 1. The van der Waals surface area contributed by atoms with E-state index in [-0.39, 0.29) is 0 Å². The number of benzene rings is 1. The minimum absolute atomic E-state index is 0.654. The van der Waals surface area contributed by atoms with Crippen molar-refractivity contribution in [2.45, 2.75) is 33.1 Å². The van der Waals surface area contributed by atoms with Crippen LogP contribution in [-0.2, 0) is 6.42 Å². The first-order valence-electron chi connectivity index (χ1n) is 7.73. The smallest absolute Gasteiger partial charge is 0.0396 e. The summed E-state index contributed by atoms with van der Waals surface area (Å²) in [7, 11) is 4.22. The Morgan fingerprint density at radius 3 is 2.75 bits per heavy atom. The number of nitrogens with zero attached hydrogens (tertiary/aromatic N) is 1. The molecule has 0 amide bonds. The molecule has 2 heteroatoms. The Morgan fingerprint density at radius 2 is 2.05 bits per heavy atom. The molecule has 1 unspecified atom stereocenters. The van der Waals surface area contributed by atoms with E-state index in [0.717, 1.165) is 19.5 Å². The normalized spacial score (nSPS) is 12.8. The van der Waals surface area contributed by atoms with Crippen molar-refractivity contribution in [3.63, 3.8) is 0 Å². The molecule has 0 spiro atoms. The van der Waals surface area contributed by atoms with Crippen molar-refractivity contribution in [1.29, 1.82) is 0 Å². The van der Waals surface area contributed by atoms with Crippen LogP contribution in [0.2, 0.25) is 0 Å². The highest BCUT2D eigenvalue weighted by Gasteiger charge is 2.09. The highest BCUT2D eigenvalue weighted by atomic mass is 15.1. The fourth-order valence-electron chi connectivity index (χ4n) is 2.65. The maximum atomic E-state index is 3.25. The van der Waals surface area contributed by atoms with Crippen LogP contribution in [-0.4, -0.2) is 27.2 Å². The molecular weight excluding hydrogens is 244 g/mol. The average Bonchev–Trinajstić information content (AvgIpc) is 2.44. The Hall–Kier alpha value is -1.28. The lowest BCUT2D eigenvalue weighted by Gasteiger charge is -2.25. The highest BCUT2D eigenvalue weighted by Crippen LogP contribution is 2.22. The van der Waals surface area contributed by atoms with Crippen molar-refractivity contribution in [2.75, 3.05) is 32.1 Å². The number of anilines is 1. The zero-order valence-corrected chi connectivity index (χ0v) is 13.5. The van der Waals surface area contributed by atoms with Crippen LogP contribution in [0.5, 0.6) is 0 Å². The molecule has 1 aromatic rings. The van der Waals surface area contributed by atoms with Gasteiger partial charge in [-0.05, 0) is 57.3 Å². The first-order valence-corrected chi connectivity index (χ1v) is 7.73. The second-order valence-electron chi connectivity index (χ2n) is 5.63. The zero-order chi connectivity index (χ0) is 14.8. The van der Waals surface area contributed by atoms with E-state index in [1.54, 1.807) is 0 Å². The van der Waals surface area contributed by atoms with Gasteiger partial charge >= 0.3 is 0 Å². The fourth-order valence-corrected chi connectivity index (χ4v) is 2.65. The van der Waals surface area contributed by atoms with Gasteiger partial charge in [0.15, 0.2) is 0 Å². The second kappa shape index (κ2) is 9.60. The summed E-state index contributed by atoms with van der Waals surface area (Å²) in [5, 5.41) is 3.25. The molecule has 1 rings (SSSR count). The summed E-state index contributed by atoms with van der Waals surface area (Å²) in [5.74, 6) is 0.654. The van der Waals surface area contributed by atoms with Crippen molar-refractivity contribution in [2.24, 2.45) is 5.92 Å². The molecule has 1 atom stereocenters. The predicted octanol–water partition coefficient (Wildman–Crippen LogP) is 3.88. The number of hydrogen-bond acceptors (Lipinski definition) is 2. The lowest BCUT2D eigenvalue weighted by atomic mass is 10.0. The first-order chi connectivity index (χ1) is 9.69. The fraction of sp³-hybridized carbons (Fsp3) is 0.556. The van der Waals surface area contributed by atoms with Gasteiger partial charge in [0.25, 0.3) is 0 Å². The van der Waals surface area contributed by atoms with Crippen molar-refractivity contribution in [3.05, 3.63) is 42.0 Å². The Kier molecular flexibility index (Phi) is 8.05. The van der Waals surface area contributed by atoms with E-state index >= 15 is 0 Å². The van der Waals surface area contributed by atoms with Gasteiger partial charge in [0.2, 0.25) is 0 Å². The molecule has 20 heavy (non-hydrogen) atoms. The number of unbranched alkanes of at least 4 members (excludes halogenated alkanes) is 1. The molecule has 0 aromatic heterocycles. The van der Waals surface area contributed by atoms with Gasteiger partial charge in [-0.3, -0.25) is 0 Å². The molecule has 0 fully saturated rings. The summed E-state index contributed by atoms with van der Waals surface area (Å²) in [6.07, 6.45) is 7.94. The third-order valence-electron chi connectivity index (χ3n) is 3.59. The largest absolute Gasteiger partial charge is 0.374 e. The zero-order valence-electron chi connectivity index (χ0n) is 13.5. The number of allylic oxidation sites excluding steroid dienone is 2. The Labute approximate surface area is 124 Å². The number of nitrogens with one attached hydrogen (secondary N) is 1. The molecule has 112 valence electrons. The molecule has 2 nitrogen and oxygen atoms in total. The van der Waals surface area contributed by atoms with E-state index in [1.807, 2.05) is 7.05 Å². The summed E-state index contributed by atoms with van der Waals surface area (Å²) in [6, 6.07) is 8.81. The summed E-state index contributed by atoms with van der Waals surface area (Å²) < 4.78 is 0. The van der Waals surface area contributed by atoms with Gasteiger partial charge in [-0.25, -0.2) is 0 Å². The van der Waals surface area contributed by atoms with Gasteiger partial charge in [0.05, 0.1) is 0 Å². The molecular formula is C18H30N2. The summed E-state index contributed by atoms with van der Waals surface area (Å²) in [5.41, 5.74) is 2.85. The van der Waals surface area contributed by atoms with Gasteiger partial charge in [0, 0.05) is 19.3 Å². The van der Waals surface area contributed by atoms with Crippen LogP contribution in [0.1, 0.15) is 32.3 Å². The number of hydrogen-bond donors (Lipinski definition) is 1. The first kappa shape index (κ1) is 16.8. The van der Waals surface area contributed by atoms with Gasteiger partial charge in [-0.15, -0.1) is 0 Å². The molecule has 0 aliphatic heterocycles. The Bertz CT molecular complexity index is 398. The van der Waals surface area contributed by atoms with E-state index in [1.165, 1.54) is 24.1 Å². The van der Waals surface area contributed by atoms with Crippen molar-refractivity contribution < 1.29 is 0 Å². The lowest BCUT2D eigenvalue weighted by molar-refractivity contribution is 0.542. The van der Waals surface area contributed by atoms with E-state index in [9.17, 15) is 0 Å². The quantitative estimate of drug-likeness (QED) is 0.543. The van der Waals surface area contributed by atoms with Crippen LogP contribution >= 0.6 is 0 Å². The minimum atomic E-state index is 0.654. The maximum absolute atomic E-state index is 3.25. The average molecular weight is 274 g/mol. The molecule has 0 saturated heterocycles. The summed E-state index contributed by atoms with van der Waals surface area (Å²) in [6.45, 7) is 6.53. The third kappa shape index (κ3) is 5.79. The third-order valence-corrected chi connectivity index (χ3v) is 3.59. The van der Waals surface area contributed by atoms with E-state index in [2.05, 4.69) is 67.5 Å². The van der Waals surface area contributed by atoms with Gasteiger partial charge < -0.3 is 10.2 Å². The second-order valence-corrected chi connectivity index (χ2v) is 5.63. The Balaban J connectivity index is 2.63. The number of rotatable bonds is 9. The minimum Gasteiger partial charge on any atom is -0.374 e. The van der Waals surface area contributed by atoms with Crippen molar-refractivity contribution >= 4 is 5.69 Å². The predicted molar refractivity (Wildman–Crippen MR) is 90.6 cm³/mol. The van der Waals surface area contributed by atoms with E-state index < -0.39 is 0 Å². The summed E-state index contributed by atoms with van der Waals surface area (Å²) >= 11 is 0. The van der Waals surface area contributed by atoms with Crippen LogP contribution < -0.4 is 10.2 Å². The highest BCUT2D eigenvalue weighted by molar-refractivity contribution is 5.53. The molecule has 0 heterocycles. The molecule has 0 bridgehead atoms. The molecule has 0 aliphatic rings. The van der Waals surface area contributed by atoms with Crippen LogP contribution in [0, 0.1) is 5.92 Å². The standard InChI is InChI=1S/C18H30N2/c1-5-6-7-8-11-17-12-9-10-13-18(17)20(4)15-16(2)14-19-3/h5-6,9-10,12-13,16,19H,7-8,11,14-15H2,1-4H3/b6-5-. The lowest BCUT2D eigenvalue weighted by Crippen LogP contribution is -2.30. The van der Waals surface area contributed by atoms with Gasteiger partial charge in [-0.1, -0.05) is 37.3 Å². The Morgan fingerprint density at radius 1 is 1.30 bits per heavy atom. The molecule has 1 N–H and O–H groups in total. The number of aryl methyl sites for hydroxylation is 1. The SMILES string of the molecule is C/C=C\CCCc1ccccc1N(C)CC(C)CNC. The van der Waals surface area contributed by atoms with E-state index in [0.29, 0.717) is 5.92 Å². The van der Waals surface area contributed by atoms with E-state index in [4.69, 9.17) is 0 Å². The van der Waals surface area contributed by atoms with Gasteiger partial charge in [-0.2, -0.15) is 0 Å². The molecule has 0 aliphatic carbocycles.